The number of aliphatic imine (C=N–C) groups is 2. The van der Waals surface area contributed by atoms with Crippen LogP contribution in [0.1, 0.15) is 28.4 Å². The molecule has 23 heavy (non-hydrogen) atoms. The molecule has 114 valence electrons. The fraction of sp³-hybridized carbons (Fsp3) is 0.111. The Morgan fingerprint density at radius 3 is 2.35 bits per heavy atom. The van der Waals surface area contributed by atoms with Crippen molar-refractivity contribution in [3.05, 3.63) is 84.2 Å². The summed E-state index contributed by atoms with van der Waals surface area (Å²) in [4.78, 5) is 9.23. The van der Waals surface area contributed by atoms with Crippen molar-refractivity contribution in [1.82, 2.24) is 0 Å². The first-order valence-electron chi connectivity index (χ1n) is 7.30. The Balaban J connectivity index is 1.61. The van der Waals surface area contributed by atoms with Gasteiger partial charge in [-0.1, -0.05) is 42.1 Å². The van der Waals surface area contributed by atoms with Crippen molar-refractivity contribution in [2.24, 2.45) is 9.98 Å². The van der Waals surface area contributed by atoms with Gasteiger partial charge in [-0.25, -0.2) is 9.98 Å². The Bertz CT molecular complexity index is 808. The average molecular weight is 322 g/mol. The van der Waals surface area contributed by atoms with Crippen molar-refractivity contribution < 1.29 is 8.83 Å². The minimum Gasteiger partial charge on any atom is -0.468 e. The second-order valence-electron chi connectivity index (χ2n) is 5.09. The molecule has 0 aliphatic carbocycles. The van der Waals surface area contributed by atoms with Gasteiger partial charge in [0.2, 0.25) is 0 Å². The van der Waals surface area contributed by atoms with Crippen LogP contribution in [-0.2, 0) is 0 Å². The number of benzene rings is 1. The number of furan rings is 2. The summed E-state index contributed by atoms with van der Waals surface area (Å²) in [5.41, 5.74) is 1.05. The molecule has 1 aliphatic rings. The zero-order valence-electron chi connectivity index (χ0n) is 12.2. The molecule has 4 rings (SSSR count). The smallest absolute Gasteiger partial charge is 0.184 e. The number of thioether (sulfide) groups is 1. The van der Waals surface area contributed by atoms with Gasteiger partial charge in [0, 0.05) is 6.21 Å². The van der Waals surface area contributed by atoms with Crippen LogP contribution in [0.15, 0.2) is 85.9 Å². The van der Waals surface area contributed by atoms with E-state index in [1.807, 2.05) is 60.8 Å². The van der Waals surface area contributed by atoms with Gasteiger partial charge in [0.15, 0.2) is 5.17 Å². The highest BCUT2D eigenvalue weighted by Gasteiger charge is 2.36. The fourth-order valence-electron chi connectivity index (χ4n) is 2.47. The molecule has 0 saturated heterocycles. The highest BCUT2D eigenvalue weighted by Crippen LogP contribution is 2.48. The van der Waals surface area contributed by atoms with Crippen LogP contribution in [0.5, 0.6) is 0 Å². The summed E-state index contributed by atoms with van der Waals surface area (Å²) in [5.74, 6) is 1.70. The minimum atomic E-state index is -0.121. The molecular formula is C18H14N2O2S. The van der Waals surface area contributed by atoms with E-state index in [2.05, 4.69) is 4.99 Å². The van der Waals surface area contributed by atoms with Crippen molar-refractivity contribution in [2.75, 3.05) is 0 Å². The molecule has 0 saturated carbocycles. The van der Waals surface area contributed by atoms with E-state index in [1.54, 1.807) is 24.3 Å². The SMILES string of the molecule is C(=NC1=N[C@@H](c2ccco2)[C@H](c2ccco2)S1)c1ccccc1. The third kappa shape index (κ3) is 3.00. The fourth-order valence-corrected chi connectivity index (χ4v) is 3.56. The Morgan fingerprint density at radius 1 is 0.913 bits per heavy atom. The predicted molar refractivity (Wildman–Crippen MR) is 92.0 cm³/mol. The van der Waals surface area contributed by atoms with E-state index in [-0.39, 0.29) is 11.3 Å². The minimum absolute atomic E-state index is 0.0408. The highest BCUT2D eigenvalue weighted by molar-refractivity contribution is 8.14. The van der Waals surface area contributed by atoms with E-state index in [0.29, 0.717) is 0 Å². The van der Waals surface area contributed by atoms with Crippen LogP contribution in [0.3, 0.4) is 0 Å². The highest BCUT2D eigenvalue weighted by atomic mass is 32.2. The maximum absolute atomic E-state index is 5.57. The lowest BCUT2D eigenvalue weighted by atomic mass is 10.1. The van der Waals surface area contributed by atoms with E-state index in [4.69, 9.17) is 13.8 Å². The van der Waals surface area contributed by atoms with Crippen molar-refractivity contribution in [3.8, 4) is 0 Å². The van der Waals surface area contributed by atoms with Crippen LogP contribution in [-0.4, -0.2) is 11.4 Å². The number of nitrogens with zero attached hydrogens (tertiary/aromatic N) is 2. The number of hydrogen-bond donors (Lipinski definition) is 0. The maximum Gasteiger partial charge on any atom is 0.184 e. The van der Waals surface area contributed by atoms with E-state index in [9.17, 15) is 0 Å². The summed E-state index contributed by atoms with van der Waals surface area (Å²) in [6.07, 6.45) is 5.18. The average Bonchev–Trinajstić information content (AvgIpc) is 3.33. The molecule has 0 spiro atoms. The topological polar surface area (TPSA) is 51.0 Å². The van der Waals surface area contributed by atoms with Gasteiger partial charge in [0.1, 0.15) is 22.8 Å². The quantitative estimate of drug-likeness (QED) is 0.646. The standard InChI is InChI=1S/C18H14N2O2S/c1-2-6-13(7-3-1)12-19-18-20-16(14-8-4-10-21-14)17(23-18)15-9-5-11-22-15/h1-12,16-17H/t16-,17-/m0/s1. The molecule has 2 atom stereocenters. The van der Waals surface area contributed by atoms with E-state index >= 15 is 0 Å². The normalized spacial score (nSPS) is 21.0. The van der Waals surface area contributed by atoms with E-state index < -0.39 is 0 Å². The molecule has 0 bridgehead atoms. The van der Waals surface area contributed by atoms with Crippen LogP contribution < -0.4 is 0 Å². The molecule has 0 fully saturated rings. The van der Waals surface area contributed by atoms with E-state index in [0.717, 1.165) is 22.3 Å². The maximum atomic E-state index is 5.57. The molecule has 0 N–H and O–H groups in total. The number of hydrogen-bond acceptors (Lipinski definition) is 5. The van der Waals surface area contributed by atoms with Gasteiger partial charge in [0.25, 0.3) is 0 Å². The van der Waals surface area contributed by atoms with Crippen LogP contribution in [0, 0.1) is 0 Å². The van der Waals surface area contributed by atoms with Gasteiger partial charge in [-0.15, -0.1) is 0 Å². The third-order valence-corrected chi connectivity index (χ3v) is 4.72. The lowest BCUT2D eigenvalue weighted by Gasteiger charge is -2.11. The first kappa shape index (κ1) is 14.1. The third-order valence-electron chi connectivity index (χ3n) is 3.55. The van der Waals surface area contributed by atoms with Gasteiger partial charge < -0.3 is 8.83 Å². The Hall–Kier alpha value is -2.53. The van der Waals surface area contributed by atoms with Gasteiger partial charge in [-0.3, -0.25) is 0 Å². The lowest BCUT2D eigenvalue weighted by molar-refractivity contribution is 0.432. The second-order valence-corrected chi connectivity index (χ2v) is 6.20. The van der Waals surface area contributed by atoms with Crippen LogP contribution >= 0.6 is 11.8 Å². The second kappa shape index (κ2) is 6.30. The van der Waals surface area contributed by atoms with Gasteiger partial charge in [0.05, 0.1) is 12.5 Å². The summed E-state index contributed by atoms with van der Waals surface area (Å²) in [7, 11) is 0. The van der Waals surface area contributed by atoms with Crippen molar-refractivity contribution in [1.29, 1.82) is 0 Å². The molecule has 0 amide bonds. The van der Waals surface area contributed by atoms with Crippen molar-refractivity contribution in [2.45, 2.75) is 11.3 Å². The molecule has 0 unspecified atom stereocenters. The van der Waals surface area contributed by atoms with Crippen molar-refractivity contribution >= 4 is 23.1 Å². The van der Waals surface area contributed by atoms with Crippen molar-refractivity contribution in [3.63, 3.8) is 0 Å². The molecule has 1 aliphatic heterocycles. The monoisotopic (exact) mass is 322 g/mol. The molecule has 3 aromatic rings. The summed E-state index contributed by atoms with van der Waals surface area (Å²) in [5, 5.41) is 0.774. The Morgan fingerprint density at radius 2 is 1.65 bits per heavy atom. The van der Waals surface area contributed by atoms with E-state index in [1.165, 1.54) is 0 Å². The van der Waals surface area contributed by atoms with Crippen LogP contribution in [0.4, 0.5) is 0 Å². The molecule has 3 heterocycles. The number of amidine groups is 1. The van der Waals surface area contributed by atoms with Crippen LogP contribution in [0.2, 0.25) is 0 Å². The molecule has 5 heteroatoms. The summed E-state index contributed by atoms with van der Waals surface area (Å²) < 4.78 is 11.1. The number of rotatable bonds is 3. The summed E-state index contributed by atoms with van der Waals surface area (Å²) >= 11 is 1.59. The molecule has 4 nitrogen and oxygen atoms in total. The molecule has 2 aromatic heterocycles. The van der Waals surface area contributed by atoms with Gasteiger partial charge >= 0.3 is 0 Å². The largest absolute Gasteiger partial charge is 0.468 e. The lowest BCUT2D eigenvalue weighted by Crippen LogP contribution is -1.99. The first-order chi connectivity index (χ1) is 11.4. The molecule has 0 radical (unpaired) electrons. The summed E-state index contributed by atoms with van der Waals surface area (Å²) in [6, 6.07) is 17.5. The summed E-state index contributed by atoms with van der Waals surface area (Å²) in [6.45, 7) is 0. The Kier molecular flexibility index (Phi) is 3.86. The first-order valence-corrected chi connectivity index (χ1v) is 8.18. The molecular weight excluding hydrogens is 308 g/mol. The van der Waals surface area contributed by atoms with Crippen LogP contribution in [0.25, 0.3) is 0 Å². The zero-order chi connectivity index (χ0) is 15.5. The van der Waals surface area contributed by atoms with Gasteiger partial charge in [-0.2, -0.15) is 0 Å². The zero-order valence-corrected chi connectivity index (χ0v) is 13.0. The predicted octanol–water partition coefficient (Wildman–Crippen LogP) is 4.88. The molecule has 1 aromatic carbocycles. The Labute approximate surface area is 138 Å². The van der Waals surface area contributed by atoms with Gasteiger partial charge in [-0.05, 0) is 29.8 Å².